The Balaban J connectivity index is 1.41. The Morgan fingerprint density at radius 1 is 1.16 bits per heavy atom. The summed E-state index contributed by atoms with van der Waals surface area (Å²) in [6.07, 6.45) is 2.29. The van der Waals surface area contributed by atoms with Crippen LogP contribution in [0.1, 0.15) is 69.6 Å². The van der Waals surface area contributed by atoms with E-state index in [-0.39, 0.29) is 0 Å². The first-order valence-electron chi connectivity index (χ1n) is 13.2. The molecule has 200 valence electrons. The molecule has 8 nitrogen and oxygen atoms in total. The molecule has 1 amide bonds. The van der Waals surface area contributed by atoms with Crippen LogP contribution in [0, 0.1) is 5.92 Å². The number of hydrogen-bond donors (Lipinski definition) is 1. The van der Waals surface area contributed by atoms with Gasteiger partial charge in [0.1, 0.15) is 5.00 Å². The third kappa shape index (κ3) is 4.92. The van der Waals surface area contributed by atoms with E-state index in [1.54, 1.807) is 6.92 Å². The summed E-state index contributed by atoms with van der Waals surface area (Å²) in [5.41, 5.74) is 4.34. The lowest BCUT2D eigenvalue weighted by Gasteiger charge is -2.29. The van der Waals surface area contributed by atoms with Crippen molar-refractivity contribution in [1.29, 1.82) is 0 Å². The van der Waals surface area contributed by atoms with E-state index in [0.717, 1.165) is 71.4 Å². The summed E-state index contributed by atoms with van der Waals surface area (Å²) in [6.45, 7) is 8.18. The molecule has 2 aliphatic rings. The number of rotatable bonds is 6. The zero-order valence-corrected chi connectivity index (χ0v) is 23.1. The number of nitrogens with zero attached hydrogens (tertiary/aromatic N) is 2. The minimum absolute atomic E-state index is 0.417. The van der Waals surface area contributed by atoms with Crippen LogP contribution in [0.15, 0.2) is 24.3 Å². The van der Waals surface area contributed by atoms with Crippen molar-refractivity contribution in [2.24, 2.45) is 5.92 Å². The smallest absolute Gasteiger partial charge is 0.341 e. The first-order chi connectivity index (χ1) is 18.3. The predicted molar refractivity (Wildman–Crippen MR) is 147 cm³/mol. The van der Waals surface area contributed by atoms with Crippen LogP contribution in [0.3, 0.4) is 0 Å². The van der Waals surface area contributed by atoms with Gasteiger partial charge in [-0.2, -0.15) is 0 Å². The fourth-order valence-electron chi connectivity index (χ4n) is 5.39. The predicted octanol–water partition coefficient (Wildman–Crippen LogP) is 4.77. The lowest BCUT2D eigenvalue weighted by atomic mass is 9.88. The Hall–Kier alpha value is -3.30. The fraction of sp³-hybridized carbons (Fsp3) is 0.448. The number of carbonyl (C=O) groups excluding carboxylic acids is 3. The van der Waals surface area contributed by atoms with Crippen LogP contribution >= 0.6 is 11.3 Å². The van der Waals surface area contributed by atoms with Crippen molar-refractivity contribution >= 4 is 45.1 Å². The van der Waals surface area contributed by atoms with Crippen LogP contribution in [-0.2, 0) is 40.1 Å². The molecule has 0 spiro atoms. The van der Waals surface area contributed by atoms with Crippen LogP contribution in [0.4, 0.5) is 5.00 Å². The van der Waals surface area contributed by atoms with E-state index in [9.17, 15) is 14.4 Å². The largest absolute Gasteiger partial charge is 0.465 e. The number of ether oxygens (including phenoxy) is 2. The first-order valence-corrected chi connectivity index (χ1v) is 14.0. The van der Waals surface area contributed by atoms with E-state index >= 15 is 0 Å². The highest BCUT2D eigenvalue weighted by atomic mass is 32.1. The van der Waals surface area contributed by atoms with E-state index in [2.05, 4.69) is 24.1 Å². The lowest BCUT2D eigenvalue weighted by molar-refractivity contribution is -0.123. The van der Waals surface area contributed by atoms with Gasteiger partial charge in [-0.1, -0.05) is 32.0 Å². The van der Waals surface area contributed by atoms with Crippen molar-refractivity contribution in [2.45, 2.75) is 59.1 Å². The molecule has 0 saturated heterocycles. The molecule has 1 aliphatic heterocycles. The standard InChI is InChI=1S/C29H33N3O5S/c1-5-32-13-12-22-20(15-32)24(18-8-6-7-9-21(18)30-22)29(35)37-17(3)26(33)31-27-25(28(34)36-4)19-11-10-16(2)14-23(19)38-27/h6-9,16-17H,5,10-15H2,1-4H3,(H,31,33). The Morgan fingerprint density at radius 3 is 2.71 bits per heavy atom. The van der Waals surface area contributed by atoms with Gasteiger partial charge in [-0.3, -0.25) is 14.7 Å². The zero-order valence-electron chi connectivity index (χ0n) is 22.3. The molecular formula is C29H33N3O5S. The molecule has 2 unspecified atom stereocenters. The van der Waals surface area contributed by atoms with Crippen molar-refractivity contribution in [3.8, 4) is 0 Å². The van der Waals surface area contributed by atoms with E-state index in [1.165, 1.54) is 18.4 Å². The average Bonchev–Trinajstić information content (AvgIpc) is 3.27. The number of amides is 1. The van der Waals surface area contributed by atoms with Crippen molar-refractivity contribution in [1.82, 2.24) is 9.88 Å². The molecule has 3 aromatic rings. The van der Waals surface area contributed by atoms with Crippen LogP contribution < -0.4 is 5.32 Å². The first kappa shape index (κ1) is 26.3. The highest BCUT2D eigenvalue weighted by Gasteiger charge is 2.31. The maximum atomic E-state index is 13.6. The number of methoxy groups -OCH3 is 1. The summed E-state index contributed by atoms with van der Waals surface area (Å²) in [5, 5.41) is 4.02. The Bertz CT molecular complexity index is 1410. The van der Waals surface area contributed by atoms with Gasteiger partial charge in [0, 0.05) is 41.0 Å². The highest BCUT2D eigenvalue weighted by molar-refractivity contribution is 7.17. The minimum Gasteiger partial charge on any atom is -0.465 e. The molecule has 1 aliphatic carbocycles. The number of carbonyl (C=O) groups is 3. The van der Waals surface area contributed by atoms with Gasteiger partial charge in [-0.15, -0.1) is 11.3 Å². The van der Waals surface area contributed by atoms with Crippen LogP contribution in [-0.4, -0.2) is 54.0 Å². The molecule has 1 N–H and O–H groups in total. The second-order valence-corrected chi connectivity index (χ2v) is 11.2. The fourth-order valence-corrected chi connectivity index (χ4v) is 6.79. The molecule has 38 heavy (non-hydrogen) atoms. The van der Waals surface area contributed by atoms with E-state index in [4.69, 9.17) is 14.5 Å². The molecule has 5 rings (SSSR count). The minimum atomic E-state index is -1.07. The van der Waals surface area contributed by atoms with Crippen molar-refractivity contribution in [3.05, 3.63) is 57.1 Å². The summed E-state index contributed by atoms with van der Waals surface area (Å²) >= 11 is 1.41. The van der Waals surface area contributed by atoms with Gasteiger partial charge in [0.25, 0.3) is 5.91 Å². The highest BCUT2D eigenvalue weighted by Crippen LogP contribution is 2.40. The van der Waals surface area contributed by atoms with Gasteiger partial charge in [0.2, 0.25) is 0 Å². The van der Waals surface area contributed by atoms with Crippen LogP contribution in [0.2, 0.25) is 0 Å². The summed E-state index contributed by atoms with van der Waals surface area (Å²) in [7, 11) is 1.34. The number of fused-ring (bicyclic) bond motifs is 3. The maximum Gasteiger partial charge on any atom is 0.341 e. The molecule has 9 heteroatoms. The number of benzene rings is 1. The average molecular weight is 536 g/mol. The number of pyridine rings is 1. The number of aromatic nitrogens is 1. The summed E-state index contributed by atoms with van der Waals surface area (Å²) < 4.78 is 10.8. The van der Waals surface area contributed by atoms with Gasteiger partial charge in [-0.05, 0) is 50.3 Å². The van der Waals surface area contributed by atoms with Crippen molar-refractivity contribution in [3.63, 3.8) is 0 Å². The number of thiophene rings is 1. The lowest BCUT2D eigenvalue weighted by Crippen LogP contribution is -2.34. The number of esters is 2. The number of nitrogens with one attached hydrogen (secondary N) is 1. The Morgan fingerprint density at radius 2 is 1.95 bits per heavy atom. The number of likely N-dealkylation sites (N-methyl/N-ethyl adjacent to an activating group) is 1. The number of hydrogen-bond acceptors (Lipinski definition) is 8. The quantitative estimate of drug-likeness (QED) is 0.454. The molecule has 1 aromatic carbocycles. The van der Waals surface area contributed by atoms with Gasteiger partial charge in [0.05, 0.1) is 23.8 Å². The third-order valence-electron chi connectivity index (χ3n) is 7.57. The third-order valence-corrected chi connectivity index (χ3v) is 8.74. The van der Waals surface area contributed by atoms with Gasteiger partial charge in [0.15, 0.2) is 6.10 Å². The molecule has 2 aromatic heterocycles. The monoisotopic (exact) mass is 535 g/mol. The molecule has 0 bridgehead atoms. The van der Waals surface area contributed by atoms with Crippen molar-refractivity contribution in [2.75, 3.05) is 25.5 Å². The topological polar surface area (TPSA) is 97.8 Å². The molecular weight excluding hydrogens is 502 g/mol. The second-order valence-electron chi connectivity index (χ2n) is 10.1. The SMILES string of the molecule is CCN1CCc2nc3ccccc3c(C(=O)OC(C)C(=O)Nc3sc4c(c3C(=O)OC)CCC(C)C4)c2C1. The Labute approximate surface area is 226 Å². The normalized spacial score (nSPS) is 17.8. The zero-order chi connectivity index (χ0) is 27.0. The number of anilines is 1. The Kier molecular flexibility index (Phi) is 7.49. The molecule has 3 heterocycles. The molecule has 0 radical (unpaired) electrons. The van der Waals surface area contributed by atoms with Crippen LogP contribution in [0.5, 0.6) is 0 Å². The van der Waals surface area contributed by atoms with Crippen molar-refractivity contribution < 1.29 is 23.9 Å². The second kappa shape index (κ2) is 10.8. The molecule has 2 atom stereocenters. The summed E-state index contributed by atoms with van der Waals surface area (Å²) in [4.78, 5) is 47.6. The van der Waals surface area contributed by atoms with Gasteiger partial charge in [-0.25, -0.2) is 9.59 Å². The summed E-state index contributed by atoms with van der Waals surface area (Å²) in [5.74, 6) is -0.988. The van der Waals surface area contributed by atoms with Gasteiger partial charge >= 0.3 is 11.9 Å². The van der Waals surface area contributed by atoms with E-state index in [0.29, 0.717) is 28.6 Å². The maximum absolute atomic E-state index is 13.6. The molecule has 0 saturated carbocycles. The molecule has 0 fully saturated rings. The van der Waals surface area contributed by atoms with E-state index in [1.807, 2.05) is 24.3 Å². The van der Waals surface area contributed by atoms with Crippen LogP contribution in [0.25, 0.3) is 10.9 Å². The summed E-state index contributed by atoms with van der Waals surface area (Å²) in [6, 6.07) is 7.53. The van der Waals surface area contributed by atoms with E-state index < -0.39 is 23.9 Å². The van der Waals surface area contributed by atoms with Gasteiger partial charge < -0.3 is 14.8 Å². The number of para-hydroxylation sites is 1.